The van der Waals surface area contributed by atoms with E-state index >= 15 is 0 Å². The first-order valence-electron chi connectivity index (χ1n) is 6.13. The Bertz CT molecular complexity index is 497. The topological polar surface area (TPSA) is 73.6 Å². The molecule has 3 N–H and O–H groups in total. The number of carbonyl (C=O) groups excluding carboxylic acids is 1. The molecule has 1 aromatic rings. The van der Waals surface area contributed by atoms with Crippen LogP contribution in [0.5, 0.6) is 0 Å². The average molecular weight is 286 g/mol. The van der Waals surface area contributed by atoms with Crippen molar-refractivity contribution in [2.24, 2.45) is 5.92 Å². The van der Waals surface area contributed by atoms with Gasteiger partial charge in [-0.05, 0) is 18.2 Å². The largest absolute Gasteiger partial charge is 0.465 e. The molecule has 1 aromatic carbocycles. The Morgan fingerprint density at radius 2 is 2.25 bits per heavy atom. The van der Waals surface area contributed by atoms with Crippen LogP contribution in [-0.4, -0.2) is 38.8 Å². The number of ether oxygens (including phenoxy) is 2. The second kappa shape index (κ2) is 6.04. The molecule has 1 heterocycles. The van der Waals surface area contributed by atoms with Gasteiger partial charge in [0.15, 0.2) is 0 Å². The summed E-state index contributed by atoms with van der Waals surface area (Å²) in [6, 6.07) is 4.00. The minimum absolute atomic E-state index is 0.00588. The Morgan fingerprint density at radius 3 is 2.90 bits per heavy atom. The van der Waals surface area contributed by atoms with Crippen molar-refractivity contribution in [3.05, 3.63) is 23.8 Å². The summed E-state index contributed by atoms with van der Waals surface area (Å²) < 4.78 is 35.3. The molecule has 1 aliphatic rings. The highest BCUT2D eigenvalue weighted by Gasteiger charge is 2.35. The first-order chi connectivity index (χ1) is 9.52. The Labute approximate surface area is 115 Å². The van der Waals surface area contributed by atoms with Gasteiger partial charge >= 0.3 is 5.97 Å². The predicted octanol–water partition coefficient (Wildman–Crippen LogP) is 1.75. The molecule has 1 fully saturated rings. The third kappa shape index (κ3) is 2.98. The Hall–Kier alpha value is -1.89. The molecular formula is C13H16F2N2O3. The average Bonchev–Trinajstić information content (AvgIpc) is 2.88. The van der Waals surface area contributed by atoms with Crippen molar-refractivity contribution in [1.82, 2.24) is 0 Å². The number of hydrogen-bond donors (Lipinski definition) is 2. The highest BCUT2D eigenvalue weighted by atomic mass is 19.3. The van der Waals surface area contributed by atoms with Crippen molar-refractivity contribution in [2.75, 3.05) is 31.4 Å². The van der Waals surface area contributed by atoms with E-state index in [1.807, 2.05) is 0 Å². The van der Waals surface area contributed by atoms with E-state index in [2.05, 4.69) is 10.1 Å². The van der Waals surface area contributed by atoms with E-state index in [9.17, 15) is 13.6 Å². The Kier molecular flexibility index (Phi) is 4.39. The molecule has 2 rings (SSSR count). The third-order valence-electron chi connectivity index (χ3n) is 3.26. The molecule has 0 aromatic heterocycles. The van der Waals surface area contributed by atoms with E-state index in [1.54, 1.807) is 0 Å². The van der Waals surface area contributed by atoms with E-state index in [1.165, 1.54) is 25.3 Å². The lowest BCUT2D eigenvalue weighted by molar-refractivity contribution is 0.0599. The lowest BCUT2D eigenvalue weighted by atomic mass is 10.0. The lowest BCUT2D eigenvalue weighted by Crippen LogP contribution is -2.32. The van der Waals surface area contributed by atoms with E-state index in [-0.39, 0.29) is 13.2 Å². The van der Waals surface area contributed by atoms with Gasteiger partial charge in [-0.1, -0.05) is 0 Å². The number of benzene rings is 1. The summed E-state index contributed by atoms with van der Waals surface area (Å²) >= 11 is 0. The minimum Gasteiger partial charge on any atom is -0.465 e. The number of esters is 1. The first-order valence-corrected chi connectivity index (χ1v) is 6.13. The maximum Gasteiger partial charge on any atom is 0.337 e. The van der Waals surface area contributed by atoms with Crippen LogP contribution < -0.4 is 11.1 Å². The molecule has 5 nitrogen and oxygen atoms in total. The lowest BCUT2D eigenvalue weighted by Gasteiger charge is -2.20. The van der Waals surface area contributed by atoms with Gasteiger partial charge < -0.3 is 20.5 Å². The van der Waals surface area contributed by atoms with Crippen LogP contribution in [0.4, 0.5) is 20.2 Å². The summed E-state index contributed by atoms with van der Waals surface area (Å²) in [7, 11) is 1.27. The Balaban J connectivity index is 2.18. The number of nitrogen functional groups attached to an aromatic ring is 1. The van der Waals surface area contributed by atoms with Crippen molar-refractivity contribution in [3.8, 4) is 0 Å². The van der Waals surface area contributed by atoms with Gasteiger partial charge in [-0.25, -0.2) is 13.6 Å². The molecule has 1 aliphatic heterocycles. The number of nitrogens with two attached hydrogens (primary N) is 1. The van der Waals surface area contributed by atoms with Gasteiger partial charge in [-0.2, -0.15) is 0 Å². The Morgan fingerprint density at radius 1 is 1.50 bits per heavy atom. The first kappa shape index (κ1) is 14.5. The quantitative estimate of drug-likeness (QED) is 0.651. The van der Waals surface area contributed by atoms with Gasteiger partial charge in [0.25, 0.3) is 0 Å². The molecule has 110 valence electrons. The van der Waals surface area contributed by atoms with Gasteiger partial charge in [-0.3, -0.25) is 0 Å². The standard InChI is InChI=1S/C13H16F2N2O3/c1-19-13(18)7-2-3-9(16)10(4-7)17-11-6-20-5-8(11)12(14)15/h2-4,8,11-12,17H,5-6,16H2,1H3/t8-,11+/m0/s1. The number of nitrogens with one attached hydrogen (secondary N) is 1. The van der Waals surface area contributed by atoms with Crippen LogP contribution in [0, 0.1) is 5.92 Å². The SMILES string of the molecule is COC(=O)c1ccc(N)c(N[C@@H]2COC[C@@H]2C(F)F)c1. The van der Waals surface area contributed by atoms with E-state index in [0.29, 0.717) is 16.9 Å². The number of carbonyl (C=O) groups is 1. The monoisotopic (exact) mass is 286 g/mol. The van der Waals surface area contributed by atoms with Crippen molar-refractivity contribution < 1.29 is 23.0 Å². The number of methoxy groups -OCH3 is 1. The van der Waals surface area contributed by atoms with E-state index < -0.39 is 24.4 Å². The summed E-state index contributed by atoms with van der Waals surface area (Å²) in [4.78, 5) is 11.5. The molecule has 0 amide bonds. The van der Waals surface area contributed by atoms with Crippen molar-refractivity contribution in [1.29, 1.82) is 0 Å². The fraction of sp³-hybridized carbons (Fsp3) is 0.462. The molecule has 0 saturated carbocycles. The van der Waals surface area contributed by atoms with Gasteiger partial charge in [0, 0.05) is 0 Å². The summed E-state index contributed by atoms with van der Waals surface area (Å²) in [5, 5.41) is 2.92. The zero-order valence-corrected chi connectivity index (χ0v) is 10.9. The highest BCUT2D eigenvalue weighted by molar-refractivity contribution is 5.92. The van der Waals surface area contributed by atoms with Crippen LogP contribution in [0.3, 0.4) is 0 Å². The predicted molar refractivity (Wildman–Crippen MR) is 69.9 cm³/mol. The second-order valence-electron chi connectivity index (χ2n) is 4.58. The van der Waals surface area contributed by atoms with Crippen molar-refractivity contribution >= 4 is 17.3 Å². The molecule has 0 unspecified atom stereocenters. The van der Waals surface area contributed by atoms with Crippen LogP contribution >= 0.6 is 0 Å². The number of halogens is 2. The zero-order valence-electron chi connectivity index (χ0n) is 10.9. The van der Waals surface area contributed by atoms with Gasteiger partial charge in [0.1, 0.15) is 0 Å². The fourth-order valence-electron chi connectivity index (χ4n) is 2.09. The summed E-state index contributed by atoms with van der Waals surface area (Å²) in [5.74, 6) is -1.41. The maximum absolute atomic E-state index is 12.8. The van der Waals surface area contributed by atoms with Crippen LogP contribution in [-0.2, 0) is 9.47 Å². The number of anilines is 2. The van der Waals surface area contributed by atoms with Gasteiger partial charge in [0.05, 0.1) is 49.2 Å². The number of hydrogen-bond acceptors (Lipinski definition) is 5. The number of alkyl halides is 2. The summed E-state index contributed by atoms with van der Waals surface area (Å²) in [6.45, 7) is 0.183. The maximum atomic E-state index is 12.8. The van der Waals surface area contributed by atoms with E-state index in [0.717, 1.165) is 0 Å². The van der Waals surface area contributed by atoms with Crippen LogP contribution in [0.2, 0.25) is 0 Å². The molecular weight excluding hydrogens is 270 g/mol. The molecule has 2 atom stereocenters. The minimum atomic E-state index is -2.47. The van der Waals surface area contributed by atoms with Crippen LogP contribution in [0.15, 0.2) is 18.2 Å². The molecule has 1 saturated heterocycles. The fourth-order valence-corrected chi connectivity index (χ4v) is 2.09. The molecule has 7 heteroatoms. The second-order valence-corrected chi connectivity index (χ2v) is 4.58. The van der Waals surface area contributed by atoms with Crippen LogP contribution in [0.25, 0.3) is 0 Å². The zero-order chi connectivity index (χ0) is 14.7. The van der Waals surface area contributed by atoms with Crippen molar-refractivity contribution in [2.45, 2.75) is 12.5 Å². The third-order valence-corrected chi connectivity index (χ3v) is 3.26. The summed E-state index contributed by atoms with van der Waals surface area (Å²) in [6.07, 6.45) is -2.47. The normalized spacial score (nSPS) is 22.0. The van der Waals surface area contributed by atoms with Crippen LogP contribution in [0.1, 0.15) is 10.4 Å². The molecule has 0 spiro atoms. The van der Waals surface area contributed by atoms with Gasteiger partial charge in [-0.15, -0.1) is 0 Å². The smallest absolute Gasteiger partial charge is 0.337 e. The number of rotatable bonds is 4. The van der Waals surface area contributed by atoms with E-state index in [4.69, 9.17) is 10.5 Å². The summed E-state index contributed by atoms with van der Waals surface area (Å²) in [5.41, 5.74) is 6.89. The molecule has 0 radical (unpaired) electrons. The molecule has 0 bridgehead atoms. The van der Waals surface area contributed by atoms with Crippen molar-refractivity contribution in [3.63, 3.8) is 0 Å². The van der Waals surface area contributed by atoms with Gasteiger partial charge in [0.2, 0.25) is 6.43 Å². The highest BCUT2D eigenvalue weighted by Crippen LogP contribution is 2.28. The molecule has 0 aliphatic carbocycles. The molecule has 20 heavy (non-hydrogen) atoms.